The predicted octanol–water partition coefficient (Wildman–Crippen LogP) is 3.11. The van der Waals surface area contributed by atoms with Crippen LogP contribution in [-0.4, -0.2) is 34.2 Å². The zero-order chi connectivity index (χ0) is 19.3. The van der Waals surface area contributed by atoms with Crippen molar-refractivity contribution in [3.63, 3.8) is 0 Å². The summed E-state index contributed by atoms with van der Waals surface area (Å²) in [6.45, 7) is 3.87. The Morgan fingerprint density at radius 1 is 1.12 bits per heavy atom. The van der Waals surface area contributed by atoms with E-state index in [1.807, 2.05) is 19.9 Å². The summed E-state index contributed by atoms with van der Waals surface area (Å²) in [4.78, 5) is 12.3. The first-order valence-corrected chi connectivity index (χ1v) is 10.0. The van der Waals surface area contributed by atoms with Crippen molar-refractivity contribution in [1.82, 2.24) is 0 Å². The molecule has 2 aromatic rings. The van der Waals surface area contributed by atoms with E-state index in [0.717, 1.165) is 17.4 Å². The summed E-state index contributed by atoms with van der Waals surface area (Å²) in [5, 5.41) is 2.76. The summed E-state index contributed by atoms with van der Waals surface area (Å²) in [6, 6.07) is 12.6. The second-order valence-electron chi connectivity index (χ2n) is 6.18. The first-order valence-electron chi connectivity index (χ1n) is 8.19. The zero-order valence-electron chi connectivity index (χ0n) is 15.4. The van der Waals surface area contributed by atoms with Crippen LogP contribution in [0.5, 0.6) is 5.75 Å². The van der Waals surface area contributed by atoms with Crippen LogP contribution in [0.4, 0.5) is 11.4 Å². The largest absolute Gasteiger partial charge is 0.495 e. The van der Waals surface area contributed by atoms with Crippen molar-refractivity contribution < 1.29 is 17.9 Å². The van der Waals surface area contributed by atoms with Crippen molar-refractivity contribution in [2.45, 2.75) is 20.3 Å². The van der Waals surface area contributed by atoms with E-state index in [-0.39, 0.29) is 18.9 Å². The van der Waals surface area contributed by atoms with Crippen molar-refractivity contribution in [2.75, 3.05) is 29.5 Å². The monoisotopic (exact) mass is 376 g/mol. The number of para-hydroxylation sites is 2. The Bertz CT molecular complexity index is 874. The molecule has 6 nitrogen and oxygen atoms in total. The van der Waals surface area contributed by atoms with E-state index in [9.17, 15) is 13.2 Å². The predicted molar refractivity (Wildman–Crippen MR) is 104 cm³/mol. The van der Waals surface area contributed by atoms with E-state index in [0.29, 0.717) is 17.1 Å². The standard InChI is InChI=1S/C19H24N2O4S/c1-14-11-15(2)13-16(12-14)21(26(4,23)24)10-9-19(22)20-17-7-5-6-8-18(17)25-3/h5-8,11-13H,9-10H2,1-4H3,(H,20,22). The molecule has 0 fully saturated rings. The van der Waals surface area contributed by atoms with Gasteiger partial charge in [0.25, 0.3) is 0 Å². The molecule has 26 heavy (non-hydrogen) atoms. The topological polar surface area (TPSA) is 75.7 Å². The number of methoxy groups -OCH3 is 1. The average molecular weight is 376 g/mol. The number of ether oxygens (including phenoxy) is 1. The summed E-state index contributed by atoms with van der Waals surface area (Å²) in [5.41, 5.74) is 3.05. The number of hydrogen-bond acceptors (Lipinski definition) is 4. The highest BCUT2D eigenvalue weighted by atomic mass is 32.2. The smallest absolute Gasteiger partial charge is 0.232 e. The average Bonchev–Trinajstić information content (AvgIpc) is 2.53. The van der Waals surface area contributed by atoms with Gasteiger partial charge in [0.2, 0.25) is 15.9 Å². The molecule has 140 valence electrons. The van der Waals surface area contributed by atoms with Crippen LogP contribution in [0.15, 0.2) is 42.5 Å². The Balaban J connectivity index is 2.14. The van der Waals surface area contributed by atoms with Gasteiger partial charge in [0.15, 0.2) is 0 Å². The first-order chi connectivity index (χ1) is 12.2. The quantitative estimate of drug-likeness (QED) is 0.806. The SMILES string of the molecule is COc1ccccc1NC(=O)CCN(c1cc(C)cc(C)c1)S(C)(=O)=O. The number of carbonyl (C=O) groups is 1. The Kier molecular flexibility index (Phi) is 6.26. The molecule has 0 atom stereocenters. The molecule has 0 aliphatic rings. The fourth-order valence-electron chi connectivity index (χ4n) is 2.74. The highest BCUT2D eigenvalue weighted by Gasteiger charge is 2.19. The van der Waals surface area contributed by atoms with E-state index >= 15 is 0 Å². The van der Waals surface area contributed by atoms with Crippen LogP contribution in [0.25, 0.3) is 0 Å². The number of benzene rings is 2. The number of carbonyl (C=O) groups excluding carboxylic acids is 1. The molecule has 0 unspecified atom stereocenters. The molecule has 0 saturated heterocycles. The van der Waals surface area contributed by atoms with Gasteiger partial charge in [-0.3, -0.25) is 9.10 Å². The van der Waals surface area contributed by atoms with Crippen LogP contribution in [0, 0.1) is 13.8 Å². The van der Waals surface area contributed by atoms with Crippen molar-refractivity contribution >= 4 is 27.3 Å². The minimum absolute atomic E-state index is 0.0259. The maximum Gasteiger partial charge on any atom is 0.232 e. The van der Waals surface area contributed by atoms with Gasteiger partial charge in [0.1, 0.15) is 5.75 Å². The lowest BCUT2D eigenvalue weighted by atomic mass is 10.1. The molecule has 0 radical (unpaired) electrons. The summed E-state index contributed by atoms with van der Waals surface area (Å²) in [5.74, 6) is 0.266. The summed E-state index contributed by atoms with van der Waals surface area (Å²) >= 11 is 0. The Morgan fingerprint density at radius 2 is 1.73 bits per heavy atom. The van der Waals surface area contributed by atoms with Crippen molar-refractivity contribution in [3.8, 4) is 5.75 Å². The number of nitrogens with one attached hydrogen (secondary N) is 1. The van der Waals surface area contributed by atoms with Crippen molar-refractivity contribution in [3.05, 3.63) is 53.6 Å². The number of sulfonamides is 1. The van der Waals surface area contributed by atoms with Crippen LogP contribution in [0.1, 0.15) is 17.5 Å². The van der Waals surface area contributed by atoms with Gasteiger partial charge in [-0.15, -0.1) is 0 Å². The molecule has 7 heteroatoms. The second kappa shape index (κ2) is 8.23. The molecule has 2 rings (SSSR count). The number of rotatable bonds is 7. The Hall–Kier alpha value is -2.54. The van der Waals surface area contributed by atoms with E-state index in [2.05, 4.69) is 5.32 Å². The van der Waals surface area contributed by atoms with Gasteiger partial charge in [-0.05, 0) is 49.2 Å². The number of anilines is 2. The first kappa shape index (κ1) is 19.8. The van der Waals surface area contributed by atoms with Crippen LogP contribution in [0.3, 0.4) is 0 Å². The van der Waals surface area contributed by atoms with Crippen molar-refractivity contribution in [1.29, 1.82) is 0 Å². The van der Waals surface area contributed by atoms with Gasteiger partial charge < -0.3 is 10.1 Å². The Labute approximate surface area is 154 Å². The summed E-state index contributed by atoms with van der Waals surface area (Å²) in [7, 11) is -1.98. The van der Waals surface area contributed by atoms with E-state index in [1.54, 1.807) is 36.4 Å². The fourth-order valence-corrected chi connectivity index (χ4v) is 3.66. The molecule has 0 aromatic heterocycles. The number of amides is 1. The molecule has 1 N–H and O–H groups in total. The Morgan fingerprint density at radius 3 is 2.31 bits per heavy atom. The lowest BCUT2D eigenvalue weighted by Crippen LogP contribution is -2.33. The van der Waals surface area contributed by atoms with E-state index < -0.39 is 10.0 Å². The summed E-state index contributed by atoms with van der Waals surface area (Å²) in [6.07, 6.45) is 1.17. The normalized spacial score (nSPS) is 11.1. The van der Waals surface area contributed by atoms with E-state index in [4.69, 9.17) is 4.74 Å². The molecule has 0 spiro atoms. The highest BCUT2D eigenvalue weighted by molar-refractivity contribution is 7.92. The minimum Gasteiger partial charge on any atom is -0.495 e. The van der Waals surface area contributed by atoms with Crippen LogP contribution < -0.4 is 14.4 Å². The van der Waals surface area contributed by atoms with E-state index in [1.165, 1.54) is 11.4 Å². The lowest BCUT2D eigenvalue weighted by molar-refractivity contribution is -0.116. The molecule has 0 aliphatic carbocycles. The third-order valence-electron chi connectivity index (χ3n) is 3.82. The van der Waals surface area contributed by atoms with Crippen LogP contribution >= 0.6 is 0 Å². The highest BCUT2D eigenvalue weighted by Crippen LogP contribution is 2.24. The summed E-state index contributed by atoms with van der Waals surface area (Å²) < 4.78 is 30.9. The third kappa shape index (κ3) is 5.23. The molecule has 0 heterocycles. The van der Waals surface area contributed by atoms with Crippen LogP contribution in [0.2, 0.25) is 0 Å². The maximum atomic E-state index is 12.3. The molecule has 1 amide bonds. The maximum absolute atomic E-state index is 12.3. The van der Waals surface area contributed by atoms with Crippen molar-refractivity contribution in [2.24, 2.45) is 0 Å². The van der Waals surface area contributed by atoms with Gasteiger partial charge in [0, 0.05) is 13.0 Å². The van der Waals surface area contributed by atoms with Crippen LogP contribution in [-0.2, 0) is 14.8 Å². The fraction of sp³-hybridized carbons (Fsp3) is 0.316. The molecular weight excluding hydrogens is 352 g/mol. The minimum atomic E-state index is -3.50. The van der Waals surface area contributed by atoms with Gasteiger partial charge in [-0.1, -0.05) is 18.2 Å². The molecule has 0 aliphatic heterocycles. The second-order valence-corrected chi connectivity index (χ2v) is 8.09. The molecule has 2 aromatic carbocycles. The van der Waals surface area contributed by atoms with Gasteiger partial charge >= 0.3 is 0 Å². The lowest BCUT2D eigenvalue weighted by Gasteiger charge is -2.23. The third-order valence-corrected chi connectivity index (χ3v) is 5.01. The number of aryl methyl sites for hydroxylation is 2. The van der Waals surface area contributed by atoms with Gasteiger partial charge in [0.05, 0.1) is 24.7 Å². The molecule has 0 saturated carbocycles. The number of nitrogens with zero attached hydrogens (tertiary/aromatic N) is 1. The van der Waals surface area contributed by atoms with Gasteiger partial charge in [-0.25, -0.2) is 8.42 Å². The molecule has 0 bridgehead atoms. The van der Waals surface area contributed by atoms with Gasteiger partial charge in [-0.2, -0.15) is 0 Å². The molecular formula is C19H24N2O4S. The zero-order valence-corrected chi connectivity index (χ0v) is 16.3. The number of hydrogen-bond donors (Lipinski definition) is 1.